The van der Waals surface area contributed by atoms with Crippen LogP contribution in [0, 0.1) is 0 Å². The van der Waals surface area contributed by atoms with Crippen molar-refractivity contribution in [2.75, 3.05) is 0 Å². The first kappa shape index (κ1) is 45.9. The van der Waals surface area contributed by atoms with Crippen LogP contribution in [-0.2, 0) is 11.2 Å². The van der Waals surface area contributed by atoms with Crippen LogP contribution in [-0.4, -0.2) is 28.5 Å². The molecule has 0 saturated carbocycles. The van der Waals surface area contributed by atoms with E-state index in [1.807, 2.05) is 27.7 Å². The van der Waals surface area contributed by atoms with E-state index in [-0.39, 0.29) is 0 Å². The number of nitrogens with zero attached hydrogens (tertiary/aromatic N) is 4. The van der Waals surface area contributed by atoms with Crippen molar-refractivity contribution < 1.29 is 10.2 Å². The summed E-state index contributed by atoms with van der Waals surface area (Å²) in [5.74, 6) is 0. The quantitative estimate of drug-likeness (QED) is 0.159. The van der Waals surface area contributed by atoms with E-state index in [1.54, 1.807) is 0 Å². The minimum atomic E-state index is -1.29. The molecule has 0 radical (unpaired) electrons. The number of aliphatic hydroxyl groups is 2. The molecule has 0 fully saturated rings. The summed E-state index contributed by atoms with van der Waals surface area (Å²) in [5, 5.41) is 34.2. The van der Waals surface area contributed by atoms with Gasteiger partial charge in [0.2, 0.25) is 0 Å². The maximum absolute atomic E-state index is 12.5. The molecule has 0 amide bonds. The molecule has 0 aliphatic carbocycles. The molecule has 0 atom stereocenters. The van der Waals surface area contributed by atoms with Gasteiger partial charge in [0, 0.05) is 65.6 Å². The van der Waals surface area contributed by atoms with E-state index >= 15 is 0 Å². The third-order valence-electron chi connectivity index (χ3n) is 16.3. The molecule has 0 spiro atoms. The summed E-state index contributed by atoms with van der Waals surface area (Å²) in [7, 11) is 0. The normalized spacial score (nSPS) is 12.5. The molecular weight excluding hydrogens is 953 g/mol. The Morgan fingerprint density at radius 3 is 0.782 bits per heavy atom. The fourth-order valence-corrected chi connectivity index (χ4v) is 12.8. The van der Waals surface area contributed by atoms with Gasteiger partial charge in [0.1, 0.15) is 0 Å². The zero-order valence-corrected chi connectivity index (χ0v) is 43.8. The third kappa shape index (κ3) is 6.97. The van der Waals surface area contributed by atoms with E-state index in [4.69, 9.17) is 0 Å². The van der Waals surface area contributed by atoms with E-state index in [0.717, 1.165) is 111 Å². The lowest BCUT2D eigenvalue weighted by Crippen LogP contribution is -2.24. The number of hydrogen-bond acceptors (Lipinski definition) is 2. The number of hydrogen-bond donors (Lipinski definition) is 2. The SMILES string of the molecule is CC(C)(O)c1cc(-n2c3ccccc3c3cc(-c4ccc5c(c4)c4ccccc4n5-c4ccccc4)ccc32)c(C(C)(C)O)cc1-n1c2ccccc2c2cc(-c3ccc4c(c3)c3ccccc3n4-c3ccccc3)ccc21. The summed E-state index contributed by atoms with van der Waals surface area (Å²) >= 11 is 0. The van der Waals surface area contributed by atoms with Crippen LogP contribution in [0.1, 0.15) is 38.8 Å². The van der Waals surface area contributed by atoms with Crippen LogP contribution in [0.25, 0.3) is 132 Å². The lowest BCUT2D eigenvalue weighted by molar-refractivity contribution is 0.0743. The predicted octanol–water partition coefficient (Wildman–Crippen LogP) is 17.9. The molecule has 4 heterocycles. The number of rotatable bonds is 8. The molecule has 15 rings (SSSR count). The van der Waals surface area contributed by atoms with Crippen molar-refractivity contribution in [1.29, 1.82) is 0 Å². The van der Waals surface area contributed by atoms with Gasteiger partial charge in [0.15, 0.2) is 0 Å². The van der Waals surface area contributed by atoms with E-state index < -0.39 is 11.2 Å². The largest absolute Gasteiger partial charge is 0.386 e. The Morgan fingerprint density at radius 2 is 0.487 bits per heavy atom. The molecule has 374 valence electrons. The van der Waals surface area contributed by atoms with Gasteiger partial charge in [-0.1, -0.05) is 133 Å². The Kier molecular flexibility index (Phi) is 10.0. The zero-order valence-electron chi connectivity index (χ0n) is 43.8. The van der Waals surface area contributed by atoms with Gasteiger partial charge in [-0.05, 0) is 159 Å². The molecule has 11 aromatic carbocycles. The summed E-state index contributed by atoms with van der Waals surface area (Å²) in [5.41, 5.74) is 16.0. The van der Waals surface area contributed by atoms with Gasteiger partial charge in [-0.25, -0.2) is 0 Å². The Balaban J connectivity index is 0.897. The first-order valence-corrected chi connectivity index (χ1v) is 26.9. The van der Waals surface area contributed by atoms with E-state index in [1.165, 1.54) is 32.6 Å². The average molecular weight is 1010 g/mol. The van der Waals surface area contributed by atoms with E-state index in [9.17, 15) is 10.2 Å². The third-order valence-corrected chi connectivity index (χ3v) is 16.3. The van der Waals surface area contributed by atoms with Crippen LogP contribution in [0.5, 0.6) is 0 Å². The second kappa shape index (κ2) is 17.0. The van der Waals surface area contributed by atoms with Crippen molar-refractivity contribution in [2.24, 2.45) is 0 Å². The first-order valence-electron chi connectivity index (χ1n) is 26.9. The number of fused-ring (bicyclic) bond motifs is 12. The zero-order chi connectivity index (χ0) is 52.6. The van der Waals surface area contributed by atoms with Crippen molar-refractivity contribution in [3.05, 3.63) is 254 Å². The van der Waals surface area contributed by atoms with Gasteiger partial charge in [0.05, 0.1) is 66.7 Å². The lowest BCUT2D eigenvalue weighted by atomic mass is 9.88. The summed E-state index contributed by atoms with van der Waals surface area (Å²) in [6.07, 6.45) is 0. The summed E-state index contributed by atoms with van der Waals surface area (Å²) < 4.78 is 9.27. The second-order valence-electron chi connectivity index (χ2n) is 22.0. The van der Waals surface area contributed by atoms with E-state index in [2.05, 4.69) is 261 Å². The number of benzene rings is 11. The highest BCUT2D eigenvalue weighted by Crippen LogP contribution is 2.45. The molecule has 4 aromatic heterocycles. The van der Waals surface area contributed by atoms with Gasteiger partial charge >= 0.3 is 0 Å². The molecule has 78 heavy (non-hydrogen) atoms. The Labute approximate surface area is 451 Å². The first-order chi connectivity index (χ1) is 38.0. The summed E-state index contributed by atoms with van der Waals surface area (Å²) in [4.78, 5) is 0. The topological polar surface area (TPSA) is 60.2 Å². The van der Waals surface area contributed by atoms with Crippen LogP contribution in [0.2, 0.25) is 0 Å². The molecule has 15 aromatic rings. The monoisotopic (exact) mass is 1010 g/mol. The molecule has 0 aliphatic rings. The molecule has 0 aliphatic heterocycles. The van der Waals surface area contributed by atoms with E-state index in [0.29, 0.717) is 0 Å². The fourth-order valence-electron chi connectivity index (χ4n) is 12.8. The summed E-state index contributed by atoms with van der Waals surface area (Å²) in [6.45, 7) is 7.45. The minimum Gasteiger partial charge on any atom is -0.386 e. The van der Waals surface area contributed by atoms with Gasteiger partial charge in [-0.2, -0.15) is 0 Å². The predicted molar refractivity (Wildman–Crippen MR) is 325 cm³/mol. The van der Waals surface area contributed by atoms with Crippen LogP contribution >= 0.6 is 0 Å². The molecule has 2 N–H and O–H groups in total. The van der Waals surface area contributed by atoms with Crippen LogP contribution in [0.4, 0.5) is 0 Å². The van der Waals surface area contributed by atoms with Crippen molar-refractivity contribution in [2.45, 2.75) is 38.9 Å². The lowest BCUT2D eigenvalue weighted by Gasteiger charge is -2.30. The minimum absolute atomic E-state index is 0.739. The molecule has 0 bridgehead atoms. The molecule has 6 heteroatoms. The highest BCUT2D eigenvalue weighted by molar-refractivity contribution is 6.15. The smallest absolute Gasteiger partial charge is 0.0861 e. The molecular formula is C72H54N4O2. The van der Waals surface area contributed by atoms with Crippen molar-refractivity contribution in [3.63, 3.8) is 0 Å². The van der Waals surface area contributed by atoms with Gasteiger partial charge < -0.3 is 28.5 Å². The molecule has 6 nitrogen and oxygen atoms in total. The maximum atomic E-state index is 12.5. The van der Waals surface area contributed by atoms with Gasteiger partial charge in [0.25, 0.3) is 0 Å². The second-order valence-corrected chi connectivity index (χ2v) is 22.0. The maximum Gasteiger partial charge on any atom is 0.0861 e. The van der Waals surface area contributed by atoms with Gasteiger partial charge in [-0.3, -0.25) is 0 Å². The number of para-hydroxylation sites is 6. The van der Waals surface area contributed by atoms with Crippen molar-refractivity contribution >= 4 is 87.2 Å². The molecule has 0 saturated heterocycles. The Bertz CT molecular complexity index is 4610. The van der Waals surface area contributed by atoms with Crippen molar-refractivity contribution in [1.82, 2.24) is 18.3 Å². The highest BCUT2D eigenvalue weighted by atomic mass is 16.3. The highest BCUT2D eigenvalue weighted by Gasteiger charge is 2.31. The van der Waals surface area contributed by atoms with Crippen LogP contribution in [0.15, 0.2) is 243 Å². The Morgan fingerprint density at radius 1 is 0.244 bits per heavy atom. The van der Waals surface area contributed by atoms with Gasteiger partial charge in [-0.15, -0.1) is 0 Å². The summed E-state index contributed by atoms with van der Waals surface area (Å²) in [6, 6.07) is 86.9. The van der Waals surface area contributed by atoms with Crippen LogP contribution in [0.3, 0.4) is 0 Å². The standard InChI is InChI=1S/C72H54N4O2/c1-71(2,77)59-43-70(76-64-30-18-14-26-54(64)58-42-48(34-38-68(58)76)46-32-36-66-56(40-46)52-24-12-16-28-62(52)74(66)50-21-9-6-10-22-50)60(72(3,4)78)44-69(59)75-63-29-17-13-25-53(63)57-41-47(33-37-67(57)75)45-31-35-65-55(39-45)51-23-11-15-27-61(51)73(65)49-19-7-5-8-20-49/h5-44,77-78H,1-4H3. The Hall–Kier alpha value is -9.46. The van der Waals surface area contributed by atoms with Crippen molar-refractivity contribution in [3.8, 4) is 45.0 Å². The number of aromatic nitrogens is 4. The molecule has 0 unspecified atom stereocenters. The van der Waals surface area contributed by atoms with Crippen LogP contribution < -0.4 is 0 Å². The average Bonchev–Trinajstić information content (AvgIpc) is 4.36. The fraction of sp³-hybridized carbons (Fsp3) is 0.0833.